The molecule has 1 aromatic rings. The van der Waals surface area contributed by atoms with E-state index in [9.17, 15) is 19.2 Å². The van der Waals surface area contributed by atoms with Crippen molar-refractivity contribution in [1.82, 2.24) is 15.8 Å². The predicted molar refractivity (Wildman–Crippen MR) is 102 cm³/mol. The summed E-state index contributed by atoms with van der Waals surface area (Å²) in [6.07, 6.45) is 2.78. The molecule has 4 amide bonds. The van der Waals surface area contributed by atoms with Gasteiger partial charge in [-0.25, -0.2) is 4.79 Å². The van der Waals surface area contributed by atoms with Gasteiger partial charge in [0.2, 0.25) is 0 Å². The molecule has 1 spiro atoms. The highest BCUT2D eigenvalue weighted by molar-refractivity contribution is 8.00. The number of nitrogens with zero attached hydrogens (tertiary/aromatic N) is 1. The molecule has 0 radical (unpaired) electrons. The molecule has 150 valence electrons. The third-order valence-corrected chi connectivity index (χ3v) is 5.98. The van der Waals surface area contributed by atoms with Gasteiger partial charge in [-0.15, -0.1) is 11.8 Å². The molecule has 8 nitrogen and oxygen atoms in total. The largest absolute Gasteiger partial charge is 0.455 e. The average Bonchev–Trinajstić information content (AvgIpc) is 2.92. The van der Waals surface area contributed by atoms with Gasteiger partial charge < -0.3 is 10.1 Å². The van der Waals surface area contributed by atoms with Crippen molar-refractivity contribution in [3.8, 4) is 0 Å². The van der Waals surface area contributed by atoms with Gasteiger partial charge in [0.25, 0.3) is 11.8 Å². The van der Waals surface area contributed by atoms with Gasteiger partial charge in [0.15, 0.2) is 6.61 Å². The molecule has 0 atom stereocenters. The van der Waals surface area contributed by atoms with Gasteiger partial charge in [-0.1, -0.05) is 25.1 Å². The van der Waals surface area contributed by atoms with Gasteiger partial charge in [0, 0.05) is 4.90 Å². The third-order valence-electron chi connectivity index (χ3n) is 4.99. The Hall–Kier alpha value is -2.55. The number of benzene rings is 1. The molecule has 2 aliphatic rings. The van der Waals surface area contributed by atoms with E-state index in [1.54, 1.807) is 0 Å². The van der Waals surface area contributed by atoms with E-state index in [1.807, 2.05) is 30.3 Å². The Labute approximate surface area is 167 Å². The maximum absolute atomic E-state index is 12.6. The topological polar surface area (TPSA) is 105 Å². The number of esters is 1. The SMILES string of the molecule is CC1CCC2(CC1)NC(=O)N(NC(=O)COC(=O)CSc1ccccc1)C2=O. The molecule has 1 saturated heterocycles. The Morgan fingerprint density at radius 3 is 2.61 bits per heavy atom. The smallest absolute Gasteiger partial charge is 0.344 e. The zero-order valence-corrected chi connectivity index (χ0v) is 16.4. The standard InChI is InChI=1S/C19H23N3O5S/c1-13-7-9-19(10-8-13)17(25)22(18(26)20-19)21-15(23)11-27-16(24)12-28-14-5-3-2-4-6-14/h2-6,13H,7-12H2,1H3,(H,20,26)(H,21,23). The Bertz CT molecular complexity index is 762. The first kappa shape index (κ1) is 20.2. The normalized spacial score (nSPS) is 24.2. The summed E-state index contributed by atoms with van der Waals surface area (Å²) in [7, 11) is 0. The van der Waals surface area contributed by atoms with Crippen LogP contribution in [0, 0.1) is 5.92 Å². The van der Waals surface area contributed by atoms with Gasteiger partial charge in [-0.3, -0.25) is 19.8 Å². The summed E-state index contributed by atoms with van der Waals surface area (Å²) in [5.74, 6) is -1.18. The molecule has 1 aromatic carbocycles. The van der Waals surface area contributed by atoms with E-state index in [1.165, 1.54) is 11.8 Å². The minimum absolute atomic E-state index is 0.0573. The van der Waals surface area contributed by atoms with Gasteiger partial charge in [-0.05, 0) is 43.7 Å². The molecule has 28 heavy (non-hydrogen) atoms. The number of hydrogen-bond acceptors (Lipinski definition) is 6. The number of urea groups is 1. The van der Waals surface area contributed by atoms with E-state index in [2.05, 4.69) is 17.7 Å². The molecular weight excluding hydrogens is 382 g/mol. The predicted octanol–water partition coefficient (Wildman–Crippen LogP) is 1.85. The number of thioether (sulfide) groups is 1. The van der Waals surface area contributed by atoms with Crippen LogP contribution in [0.4, 0.5) is 4.79 Å². The van der Waals surface area contributed by atoms with Crippen molar-refractivity contribution in [2.75, 3.05) is 12.4 Å². The Morgan fingerprint density at radius 1 is 1.25 bits per heavy atom. The number of rotatable bonds is 6. The van der Waals surface area contributed by atoms with Crippen LogP contribution in [0.25, 0.3) is 0 Å². The number of ether oxygens (including phenoxy) is 1. The van der Waals surface area contributed by atoms with E-state index in [0.717, 1.165) is 17.7 Å². The lowest BCUT2D eigenvalue weighted by atomic mass is 9.77. The second kappa shape index (κ2) is 8.64. The van der Waals surface area contributed by atoms with Crippen LogP contribution in [0.1, 0.15) is 32.6 Å². The fourth-order valence-corrected chi connectivity index (χ4v) is 4.04. The van der Waals surface area contributed by atoms with Crippen LogP contribution in [0.5, 0.6) is 0 Å². The summed E-state index contributed by atoms with van der Waals surface area (Å²) >= 11 is 1.29. The van der Waals surface area contributed by atoms with Crippen molar-refractivity contribution in [2.45, 2.75) is 43.0 Å². The monoisotopic (exact) mass is 405 g/mol. The fraction of sp³-hybridized carbons (Fsp3) is 0.474. The fourth-order valence-electron chi connectivity index (χ4n) is 3.32. The van der Waals surface area contributed by atoms with Gasteiger partial charge in [0.1, 0.15) is 5.54 Å². The minimum atomic E-state index is -0.931. The van der Waals surface area contributed by atoms with E-state index in [-0.39, 0.29) is 5.75 Å². The summed E-state index contributed by atoms with van der Waals surface area (Å²) in [6.45, 7) is 1.55. The van der Waals surface area contributed by atoms with Crippen LogP contribution in [0.15, 0.2) is 35.2 Å². The summed E-state index contributed by atoms with van der Waals surface area (Å²) in [5.41, 5.74) is 1.31. The molecule has 0 bridgehead atoms. The summed E-state index contributed by atoms with van der Waals surface area (Å²) in [6, 6.07) is 8.67. The number of imide groups is 1. The molecule has 1 saturated carbocycles. The number of nitrogens with one attached hydrogen (secondary N) is 2. The van der Waals surface area contributed by atoms with Crippen molar-refractivity contribution in [3.05, 3.63) is 30.3 Å². The first-order valence-corrected chi connectivity index (χ1v) is 10.2. The van der Waals surface area contributed by atoms with E-state index < -0.39 is 36.0 Å². The summed E-state index contributed by atoms with van der Waals surface area (Å²) < 4.78 is 4.92. The van der Waals surface area contributed by atoms with Crippen molar-refractivity contribution in [1.29, 1.82) is 0 Å². The minimum Gasteiger partial charge on any atom is -0.455 e. The van der Waals surface area contributed by atoms with Crippen LogP contribution >= 0.6 is 11.8 Å². The molecular formula is C19H23N3O5S. The molecule has 9 heteroatoms. The molecule has 1 aliphatic carbocycles. The molecule has 2 fully saturated rings. The van der Waals surface area contributed by atoms with Crippen LogP contribution in [0.2, 0.25) is 0 Å². The van der Waals surface area contributed by atoms with Crippen LogP contribution in [-0.4, -0.2) is 46.7 Å². The highest BCUT2D eigenvalue weighted by Crippen LogP contribution is 2.35. The van der Waals surface area contributed by atoms with Crippen molar-refractivity contribution in [2.24, 2.45) is 5.92 Å². The molecule has 2 N–H and O–H groups in total. The molecule has 3 rings (SSSR count). The molecule has 0 aromatic heterocycles. The zero-order valence-electron chi connectivity index (χ0n) is 15.6. The third kappa shape index (κ3) is 4.64. The molecule has 1 heterocycles. The summed E-state index contributed by atoms with van der Waals surface area (Å²) in [5, 5.41) is 3.41. The van der Waals surface area contributed by atoms with Gasteiger partial charge >= 0.3 is 12.0 Å². The van der Waals surface area contributed by atoms with Crippen molar-refractivity contribution >= 4 is 35.6 Å². The lowest BCUT2D eigenvalue weighted by Gasteiger charge is -2.33. The van der Waals surface area contributed by atoms with Crippen molar-refractivity contribution in [3.63, 3.8) is 0 Å². The lowest BCUT2D eigenvalue weighted by Crippen LogP contribution is -2.52. The first-order chi connectivity index (χ1) is 13.4. The average molecular weight is 405 g/mol. The van der Waals surface area contributed by atoms with Crippen LogP contribution in [-0.2, 0) is 19.1 Å². The number of carbonyl (C=O) groups is 4. The number of hydrazine groups is 1. The second-order valence-corrected chi connectivity index (χ2v) is 8.18. The van der Waals surface area contributed by atoms with Crippen LogP contribution in [0.3, 0.4) is 0 Å². The number of hydrogen-bond donors (Lipinski definition) is 2. The lowest BCUT2D eigenvalue weighted by molar-refractivity contribution is -0.148. The van der Waals surface area contributed by atoms with Gasteiger partial charge in [0.05, 0.1) is 5.75 Å². The molecule has 0 unspecified atom stereocenters. The van der Waals surface area contributed by atoms with Crippen molar-refractivity contribution < 1.29 is 23.9 Å². The van der Waals surface area contributed by atoms with E-state index >= 15 is 0 Å². The summed E-state index contributed by atoms with van der Waals surface area (Å²) in [4.78, 5) is 49.5. The number of carbonyl (C=O) groups excluding carboxylic acids is 4. The Balaban J connectivity index is 1.45. The Morgan fingerprint density at radius 2 is 1.93 bits per heavy atom. The zero-order chi connectivity index (χ0) is 20.1. The highest BCUT2D eigenvalue weighted by Gasteiger charge is 2.52. The van der Waals surface area contributed by atoms with Crippen LogP contribution < -0.4 is 10.7 Å². The number of amides is 4. The molecule has 1 aliphatic heterocycles. The quantitative estimate of drug-likeness (QED) is 0.425. The second-order valence-electron chi connectivity index (χ2n) is 7.13. The maximum Gasteiger partial charge on any atom is 0.344 e. The van der Waals surface area contributed by atoms with E-state index in [4.69, 9.17) is 4.74 Å². The first-order valence-electron chi connectivity index (χ1n) is 9.19. The highest BCUT2D eigenvalue weighted by atomic mass is 32.2. The maximum atomic E-state index is 12.6. The Kier molecular flexibility index (Phi) is 6.23. The van der Waals surface area contributed by atoms with Gasteiger partial charge in [-0.2, -0.15) is 5.01 Å². The van der Waals surface area contributed by atoms with E-state index in [0.29, 0.717) is 23.8 Å².